The molecule has 1 atom stereocenters. The summed E-state index contributed by atoms with van der Waals surface area (Å²) in [5, 5.41) is 6.10. The number of carbonyl (C=O) groups is 1. The molecule has 1 amide bonds. The molecular weight excluding hydrogens is 312 g/mol. The number of H-pyrrole nitrogens is 1. The van der Waals surface area contributed by atoms with Crippen molar-refractivity contribution in [3.8, 4) is 0 Å². The standard InChI is InChI=1S/C16H22N4O2S/c1-10(2)8-20-16(22)7-12(19-20)6-15(21)18-11-3-4-13-14(5-11)23-9-17-13/h7,9-11,19H,3-6,8H2,1-2H3,(H,18,21)/t11-/m0/s1. The molecule has 2 aromatic rings. The number of hydrogen-bond donors (Lipinski definition) is 2. The van der Waals surface area contributed by atoms with E-state index in [-0.39, 0.29) is 23.9 Å². The van der Waals surface area contributed by atoms with Crippen molar-refractivity contribution in [2.24, 2.45) is 5.92 Å². The van der Waals surface area contributed by atoms with Crippen LogP contribution in [-0.4, -0.2) is 26.7 Å². The molecule has 0 fully saturated rings. The monoisotopic (exact) mass is 334 g/mol. The third-order valence-electron chi connectivity index (χ3n) is 3.99. The summed E-state index contributed by atoms with van der Waals surface area (Å²) >= 11 is 1.66. The second-order valence-electron chi connectivity index (χ2n) is 6.53. The minimum Gasteiger partial charge on any atom is -0.353 e. The van der Waals surface area contributed by atoms with Crippen LogP contribution in [-0.2, 0) is 30.6 Å². The summed E-state index contributed by atoms with van der Waals surface area (Å²) in [6, 6.07) is 1.68. The molecule has 124 valence electrons. The average Bonchev–Trinajstić information content (AvgIpc) is 3.05. The number of amides is 1. The van der Waals surface area contributed by atoms with Crippen LogP contribution >= 0.6 is 11.3 Å². The van der Waals surface area contributed by atoms with Gasteiger partial charge in [-0.3, -0.25) is 19.4 Å². The Hall–Kier alpha value is -1.89. The Morgan fingerprint density at radius 2 is 2.39 bits per heavy atom. The molecule has 23 heavy (non-hydrogen) atoms. The first-order valence-corrected chi connectivity index (χ1v) is 8.88. The molecule has 6 nitrogen and oxygen atoms in total. The predicted octanol–water partition coefficient (Wildman–Crippen LogP) is 1.51. The molecule has 0 unspecified atom stereocenters. The lowest BCUT2D eigenvalue weighted by Gasteiger charge is -2.22. The minimum absolute atomic E-state index is 0.0408. The molecule has 0 aliphatic heterocycles. The van der Waals surface area contributed by atoms with E-state index in [0.717, 1.165) is 19.3 Å². The quantitative estimate of drug-likeness (QED) is 0.870. The summed E-state index contributed by atoms with van der Waals surface area (Å²) in [4.78, 5) is 29.7. The van der Waals surface area contributed by atoms with Crippen molar-refractivity contribution in [3.05, 3.63) is 38.2 Å². The van der Waals surface area contributed by atoms with Crippen molar-refractivity contribution in [1.29, 1.82) is 0 Å². The van der Waals surface area contributed by atoms with Gasteiger partial charge in [-0.2, -0.15) is 0 Å². The first-order valence-electron chi connectivity index (χ1n) is 8.00. The summed E-state index contributed by atoms with van der Waals surface area (Å²) in [5.74, 6) is 0.338. The lowest BCUT2D eigenvalue weighted by Crippen LogP contribution is -2.39. The fraction of sp³-hybridized carbons (Fsp3) is 0.562. The number of carbonyl (C=O) groups excluding carboxylic acids is 1. The van der Waals surface area contributed by atoms with Crippen LogP contribution < -0.4 is 10.9 Å². The normalized spacial score (nSPS) is 17.3. The maximum absolute atomic E-state index is 12.2. The SMILES string of the molecule is CC(C)Cn1[nH]c(CC(=O)N[C@H]2CCc3ncsc3C2)cc1=O. The number of thiazole rings is 1. The maximum Gasteiger partial charge on any atom is 0.266 e. The molecule has 2 aromatic heterocycles. The van der Waals surface area contributed by atoms with Gasteiger partial charge in [-0.1, -0.05) is 13.8 Å². The molecule has 0 radical (unpaired) electrons. The van der Waals surface area contributed by atoms with Crippen molar-refractivity contribution in [3.63, 3.8) is 0 Å². The summed E-state index contributed by atoms with van der Waals surface area (Å²) in [6.45, 7) is 4.74. The van der Waals surface area contributed by atoms with Crippen molar-refractivity contribution in [2.45, 2.75) is 52.1 Å². The Labute approximate surface area is 138 Å². The average molecular weight is 334 g/mol. The lowest BCUT2D eigenvalue weighted by atomic mass is 9.97. The molecule has 1 aliphatic carbocycles. The summed E-state index contributed by atoms with van der Waals surface area (Å²) in [6.07, 6.45) is 2.92. The number of aryl methyl sites for hydroxylation is 1. The molecule has 2 N–H and O–H groups in total. The van der Waals surface area contributed by atoms with Gasteiger partial charge in [0, 0.05) is 35.6 Å². The van der Waals surface area contributed by atoms with Gasteiger partial charge in [-0.15, -0.1) is 11.3 Å². The molecule has 2 heterocycles. The van der Waals surface area contributed by atoms with E-state index in [1.165, 1.54) is 16.6 Å². The van der Waals surface area contributed by atoms with Crippen LogP contribution in [0.4, 0.5) is 0 Å². The molecular formula is C16H22N4O2S. The van der Waals surface area contributed by atoms with Gasteiger partial charge in [0.2, 0.25) is 5.91 Å². The van der Waals surface area contributed by atoms with E-state index in [1.54, 1.807) is 16.0 Å². The Bertz CT molecular complexity index is 743. The smallest absolute Gasteiger partial charge is 0.266 e. The summed E-state index contributed by atoms with van der Waals surface area (Å²) in [5.41, 5.74) is 3.64. The molecule has 0 aromatic carbocycles. The highest BCUT2D eigenvalue weighted by atomic mass is 32.1. The topological polar surface area (TPSA) is 79.8 Å². The Balaban J connectivity index is 1.57. The van der Waals surface area contributed by atoms with Crippen molar-refractivity contribution in [1.82, 2.24) is 20.1 Å². The van der Waals surface area contributed by atoms with Crippen LogP contribution in [0.3, 0.4) is 0 Å². The number of rotatable bonds is 5. The van der Waals surface area contributed by atoms with Crippen LogP contribution in [0.15, 0.2) is 16.4 Å². The van der Waals surface area contributed by atoms with E-state index >= 15 is 0 Å². The molecule has 0 saturated heterocycles. The van der Waals surface area contributed by atoms with E-state index < -0.39 is 0 Å². The fourth-order valence-corrected chi connectivity index (χ4v) is 3.85. The number of nitrogens with one attached hydrogen (secondary N) is 2. The maximum atomic E-state index is 12.2. The molecule has 7 heteroatoms. The number of nitrogens with zero attached hydrogens (tertiary/aromatic N) is 2. The van der Waals surface area contributed by atoms with Crippen molar-refractivity contribution < 1.29 is 4.79 Å². The van der Waals surface area contributed by atoms with Gasteiger partial charge < -0.3 is 5.32 Å². The van der Waals surface area contributed by atoms with Crippen molar-refractivity contribution in [2.75, 3.05) is 0 Å². The van der Waals surface area contributed by atoms with Gasteiger partial charge in [-0.25, -0.2) is 4.98 Å². The van der Waals surface area contributed by atoms with Gasteiger partial charge in [0.05, 0.1) is 17.6 Å². The Morgan fingerprint density at radius 1 is 1.57 bits per heavy atom. The molecule has 0 saturated carbocycles. The zero-order valence-electron chi connectivity index (χ0n) is 13.5. The van der Waals surface area contributed by atoms with Gasteiger partial charge in [-0.05, 0) is 18.8 Å². The van der Waals surface area contributed by atoms with Crippen LogP contribution in [0, 0.1) is 5.92 Å². The highest BCUT2D eigenvalue weighted by molar-refractivity contribution is 7.09. The van der Waals surface area contributed by atoms with Crippen LogP contribution in [0.25, 0.3) is 0 Å². The number of fused-ring (bicyclic) bond motifs is 1. The molecule has 1 aliphatic rings. The first kappa shape index (κ1) is 16.0. The summed E-state index contributed by atoms with van der Waals surface area (Å²) in [7, 11) is 0. The van der Waals surface area contributed by atoms with Crippen molar-refractivity contribution >= 4 is 17.2 Å². The molecule has 0 bridgehead atoms. The summed E-state index contributed by atoms with van der Waals surface area (Å²) < 4.78 is 1.57. The minimum atomic E-state index is -0.0755. The van der Waals surface area contributed by atoms with Gasteiger partial charge in [0.1, 0.15) is 0 Å². The molecule has 0 spiro atoms. The van der Waals surface area contributed by atoms with E-state index in [9.17, 15) is 9.59 Å². The number of aromatic nitrogens is 3. The Morgan fingerprint density at radius 3 is 3.17 bits per heavy atom. The largest absolute Gasteiger partial charge is 0.353 e. The zero-order valence-corrected chi connectivity index (χ0v) is 14.3. The number of hydrogen-bond acceptors (Lipinski definition) is 4. The van der Waals surface area contributed by atoms with E-state index in [4.69, 9.17) is 0 Å². The lowest BCUT2D eigenvalue weighted by molar-refractivity contribution is -0.121. The molecule has 3 rings (SSSR count). The second-order valence-corrected chi connectivity index (χ2v) is 7.47. The predicted molar refractivity (Wildman–Crippen MR) is 89.7 cm³/mol. The van der Waals surface area contributed by atoms with Crippen LogP contribution in [0.2, 0.25) is 0 Å². The van der Waals surface area contributed by atoms with E-state index in [0.29, 0.717) is 18.2 Å². The van der Waals surface area contributed by atoms with E-state index in [2.05, 4.69) is 29.2 Å². The zero-order chi connectivity index (χ0) is 16.4. The number of aromatic amines is 1. The third-order valence-corrected chi connectivity index (χ3v) is 4.89. The van der Waals surface area contributed by atoms with Crippen LogP contribution in [0.5, 0.6) is 0 Å². The Kier molecular flexibility index (Phi) is 4.66. The fourth-order valence-electron chi connectivity index (χ4n) is 2.95. The van der Waals surface area contributed by atoms with Gasteiger partial charge in [0.15, 0.2) is 0 Å². The van der Waals surface area contributed by atoms with Gasteiger partial charge >= 0.3 is 0 Å². The highest BCUT2D eigenvalue weighted by Crippen LogP contribution is 2.23. The van der Waals surface area contributed by atoms with Crippen LogP contribution in [0.1, 0.15) is 36.5 Å². The van der Waals surface area contributed by atoms with Gasteiger partial charge in [0.25, 0.3) is 5.56 Å². The van der Waals surface area contributed by atoms with E-state index in [1.807, 2.05) is 5.51 Å². The first-order chi connectivity index (χ1) is 11.0. The second kappa shape index (κ2) is 6.70. The third kappa shape index (κ3) is 3.90. The highest BCUT2D eigenvalue weighted by Gasteiger charge is 2.22.